The Balaban J connectivity index is 2.34. The van der Waals surface area contributed by atoms with E-state index >= 15 is 0 Å². The fraction of sp³-hybridized carbons (Fsp3) is 0.538. The van der Waals surface area contributed by atoms with Gasteiger partial charge in [0.15, 0.2) is 0 Å². The van der Waals surface area contributed by atoms with Crippen LogP contribution in [0.5, 0.6) is 0 Å². The summed E-state index contributed by atoms with van der Waals surface area (Å²) >= 11 is 0. The van der Waals surface area contributed by atoms with Gasteiger partial charge in [-0.3, -0.25) is 0 Å². The maximum absolute atomic E-state index is 11.9. The van der Waals surface area contributed by atoms with E-state index in [9.17, 15) is 8.42 Å². The molecule has 112 valence electrons. The standard InChI is InChI=1S/C13H21N3O3S/c1-3-10-9-16(6-7-19-10)13-8-11(4-5-12(13)14)20(17,18)15-2/h4-5,8,10,15H,3,6-7,9,14H2,1-2H3. The number of nitrogens with two attached hydrogens (primary N) is 1. The Bertz CT molecular complexity index is 574. The monoisotopic (exact) mass is 299 g/mol. The Morgan fingerprint density at radius 3 is 2.90 bits per heavy atom. The molecule has 3 N–H and O–H groups in total. The zero-order valence-electron chi connectivity index (χ0n) is 11.8. The van der Waals surface area contributed by atoms with Gasteiger partial charge in [-0.25, -0.2) is 13.1 Å². The molecule has 7 heteroatoms. The number of nitrogens with zero attached hydrogens (tertiary/aromatic N) is 1. The summed E-state index contributed by atoms with van der Waals surface area (Å²) in [6.07, 6.45) is 1.08. The Kier molecular flexibility index (Phi) is 4.52. The quantitative estimate of drug-likeness (QED) is 0.803. The summed E-state index contributed by atoms with van der Waals surface area (Å²) in [5, 5.41) is 0. The fourth-order valence-electron chi connectivity index (χ4n) is 2.27. The van der Waals surface area contributed by atoms with Crippen molar-refractivity contribution in [2.24, 2.45) is 0 Å². The van der Waals surface area contributed by atoms with E-state index in [-0.39, 0.29) is 11.0 Å². The van der Waals surface area contributed by atoms with Crippen LogP contribution >= 0.6 is 0 Å². The van der Waals surface area contributed by atoms with E-state index in [1.54, 1.807) is 12.1 Å². The van der Waals surface area contributed by atoms with Crippen molar-refractivity contribution in [3.63, 3.8) is 0 Å². The van der Waals surface area contributed by atoms with E-state index in [2.05, 4.69) is 16.5 Å². The number of sulfonamides is 1. The molecule has 0 saturated carbocycles. The van der Waals surface area contributed by atoms with Gasteiger partial charge in [0.1, 0.15) is 0 Å². The first-order valence-corrected chi connectivity index (χ1v) is 8.16. The molecule has 20 heavy (non-hydrogen) atoms. The van der Waals surface area contributed by atoms with Gasteiger partial charge in [0.2, 0.25) is 10.0 Å². The van der Waals surface area contributed by atoms with Crippen molar-refractivity contribution in [1.29, 1.82) is 0 Å². The summed E-state index contributed by atoms with van der Waals surface area (Å²) in [6, 6.07) is 4.78. The van der Waals surface area contributed by atoms with Crippen LogP contribution in [-0.2, 0) is 14.8 Å². The fourth-order valence-corrected chi connectivity index (χ4v) is 3.02. The topological polar surface area (TPSA) is 84.7 Å². The number of benzene rings is 1. The summed E-state index contributed by atoms with van der Waals surface area (Å²) in [6.45, 7) is 4.13. The lowest BCUT2D eigenvalue weighted by atomic mass is 10.2. The molecule has 1 unspecified atom stereocenters. The maximum atomic E-state index is 11.9. The van der Waals surface area contributed by atoms with Crippen molar-refractivity contribution in [2.45, 2.75) is 24.3 Å². The molecule has 0 bridgehead atoms. The smallest absolute Gasteiger partial charge is 0.240 e. The van der Waals surface area contributed by atoms with E-state index in [1.807, 2.05) is 0 Å². The van der Waals surface area contributed by atoms with Crippen LogP contribution in [0.25, 0.3) is 0 Å². The average molecular weight is 299 g/mol. The van der Waals surface area contributed by atoms with Crippen LogP contribution in [0.2, 0.25) is 0 Å². The number of nitrogens with one attached hydrogen (secondary N) is 1. The number of hydrogen-bond acceptors (Lipinski definition) is 5. The highest BCUT2D eigenvalue weighted by Crippen LogP contribution is 2.28. The number of morpholine rings is 1. The second kappa shape index (κ2) is 5.99. The number of anilines is 2. The molecular weight excluding hydrogens is 278 g/mol. The van der Waals surface area contributed by atoms with Gasteiger partial charge in [-0.2, -0.15) is 0 Å². The molecule has 1 fully saturated rings. The third-order valence-corrected chi connectivity index (χ3v) is 4.93. The first-order valence-electron chi connectivity index (χ1n) is 6.67. The van der Waals surface area contributed by atoms with E-state index in [0.29, 0.717) is 18.8 Å². The van der Waals surface area contributed by atoms with Crippen molar-refractivity contribution in [2.75, 3.05) is 37.4 Å². The predicted molar refractivity (Wildman–Crippen MR) is 79.3 cm³/mol. The molecule has 1 saturated heterocycles. The third-order valence-electron chi connectivity index (χ3n) is 3.52. The van der Waals surface area contributed by atoms with Gasteiger partial charge in [0, 0.05) is 13.1 Å². The van der Waals surface area contributed by atoms with Gasteiger partial charge < -0.3 is 15.4 Å². The van der Waals surface area contributed by atoms with Crippen LogP contribution in [-0.4, -0.2) is 41.3 Å². The normalized spacial score (nSPS) is 20.1. The van der Waals surface area contributed by atoms with Gasteiger partial charge in [0.05, 0.1) is 29.0 Å². The van der Waals surface area contributed by atoms with E-state index in [0.717, 1.165) is 18.7 Å². The highest BCUT2D eigenvalue weighted by atomic mass is 32.2. The number of ether oxygens (including phenoxy) is 1. The molecule has 1 atom stereocenters. The molecule has 1 aromatic rings. The Morgan fingerprint density at radius 1 is 1.50 bits per heavy atom. The summed E-state index contributed by atoms with van der Waals surface area (Å²) < 4.78 is 31.7. The Labute approximate surface area is 120 Å². The summed E-state index contributed by atoms with van der Waals surface area (Å²) in [5.74, 6) is 0. The van der Waals surface area contributed by atoms with Crippen molar-refractivity contribution >= 4 is 21.4 Å². The van der Waals surface area contributed by atoms with Crippen LogP contribution in [0.3, 0.4) is 0 Å². The van der Waals surface area contributed by atoms with Gasteiger partial charge >= 0.3 is 0 Å². The molecule has 1 aliphatic rings. The number of nitrogen functional groups attached to an aromatic ring is 1. The van der Waals surface area contributed by atoms with Gasteiger partial charge in [-0.15, -0.1) is 0 Å². The van der Waals surface area contributed by atoms with Crippen LogP contribution in [0.1, 0.15) is 13.3 Å². The molecule has 0 aromatic heterocycles. The molecule has 0 amide bonds. The predicted octanol–water partition coefficient (Wildman–Crippen LogP) is 0.792. The minimum absolute atomic E-state index is 0.160. The second-order valence-electron chi connectivity index (χ2n) is 4.78. The molecule has 1 aliphatic heterocycles. The van der Waals surface area contributed by atoms with Crippen molar-refractivity contribution in [1.82, 2.24) is 4.72 Å². The summed E-state index contributed by atoms with van der Waals surface area (Å²) in [7, 11) is -2.06. The minimum atomic E-state index is -3.46. The number of rotatable bonds is 4. The first-order chi connectivity index (χ1) is 9.47. The SMILES string of the molecule is CCC1CN(c2cc(S(=O)(=O)NC)ccc2N)CCO1. The highest BCUT2D eigenvalue weighted by molar-refractivity contribution is 7.89. The van der Waals surface area contributed by atoms with Crippen molar-refractivity contribution in [3.8, 4) is 0 Å². The van der Waals surface area contributed by atoms with Crippen molar-refractivity contribution < 1.29 is 13.2 Å². The van der Waals surface area contributed by atoms with E-state index < -0.39 is 10.0 Å². The molecule has 1 aromatic carbocycles. The molecule has 2 rings (SSSR count). The molecular formula is C13H21N3O3S. The van der Waals surface area contributed by atoms with Gasteiger partial charge in [0.25, 0.3) is 0 Å². The van der Waals surface area contributed by atoms with Crippen LogP contribution in [0.15, 0.2) is 23.1 Å². The highest BCUT2D eigenvalue weighted by Gasteiger charge is 2.22. The summed E-state index contributed by atoms with van der Waals surface area (Å²) in [4.78, 5) is 2.31. The molecule has 0 radical (unpaired) electrons. The van der Waals surface area contributed by atoms with Crippen molar-refractivity contribution in [3.05, 3.63) is 18.2 Å². The number of hydrogen-bond donors (Lipinski definition) is 2. The third kappa shape index (κ3) is 3.05. The average Bonchev–Trinajstić information content (AvgIpc) is 2.47. The van der Waals surface area contributed by atoms with Gasteiger partial charge in [-0.05, 0) is 31.7 Å². The Morgan fingerprint density at radius 2 is 2.25 bits per heavy atom. The Hall–Kier alpha value is -1.31. The maximum Gasteiger partial charge on any atom is 0.240 e. The molecule has 1 heterocycles. The van der Waals surface area contributed by atoms with Crippen LogP contribution < -0.4 is 15.4 Å². The molecule has 0 aliphatic carbocycles. The largest absolute Gasteiger partial charge is 0.397 e. The molecule has 0 spiro atoms. The second-order valence-corrected chi connectivity index (χ2v) is 6.66. The molecule has 6 nitrogen and oxygen atoms in total. The van der Waals surface area contributed by atoms with Crippen LogP contribution in [0.4, 0.5) is 11.4 Å². The zero-order valence-corrected chi connectivity index (χ0v) is 12.6. The van der Waals surface area contributed by atoms with E-state index in [1.165, 1.54) is 13.1 Å². The lowest BCUT2D eigenvalue weighted by Gasteiger charge is -2.35. The van der Waals surface area contributed by atoms with E-state index in [4.69, 9.17) is 10.5 Å². The lowest BCUT2D eigenvalue weighted by molar-refractivity contribution is 0.0385. The van der Waals surface area contributed by atoms with Gasteiger partial charge in [-0.1, -0.05) is 6.92 Å². The van der Waals surface area contributed by atoms with Crippen LogP contribution in [0, 0.1) is 0 Å². The minimum Gasteiger partial charge on any atom is -0.397 e. The zero-order chi connectivity index (χ0) is 14.8. The lowest BCUT2D eigenvalue weighted by Crippen LogP contribution is -2.42. The first kappa shape index (κ1) is 15.1. The summed E-state index contributed by atoms with van der Waals surface area (Å²) in [5.41, 5.74) is 7.33.